The van der Waals surface area contributed by atoms with Gasteiger partial charge in [-0.15, -0.1) is 13.2 Å². The number of aromatic hydroxyl groups is 1. The van der Waals surface area contributed by atoms with Gasteiger partial charge in [0.05, 0.1) is 18.4 Å². The highest BCUT2D eigenvalue weighted by molar-refractivity contribution is 7.91. The van der Waals surface area contributed by atoms with Crippen molar-refractivity contribution in [2.24, 2.45) is 4.40 Å². The number of aromatic nitrogens is 1. The van der Waals surface area contributed by atoms with Crippen molar-refractivity contribution in [3.63, 3.8) is 0 Å². The molecule has 2 rings (SSSR count). The fourth-order valence-electron chi connectivity index (χ4n) is 2.51. The second kappa shape index (κ2) is 10.4. The van der Waals surface area contributed by atoms with E-state index in [1.807, 2.05) is 0 Å². The predicted octanol–water partition coefficient (Wildman–Crippen LogP) is 3.85. The fraction of sp³-hybridized carbons (Fsp3) is 0.381. The second-order valence-electron chi connectivity index (χ2n) is 7.81. The minimum atomic E-state index is -4.95. The van der Waals surface area contributed by atoms with Gasteiger partial charge in [-0.3, -0.25) is 4.98 Å². The molecule has 0 aliphatic rings. The van der Waals surface area contributed by atoms with Crippen LogP contribution in [0.3, 0.4) is 0 Å². The van der Waals surface area contributed by atoms with Crippen LogP contribution in [0.2, 0.25) is 0 Å². The SMILES string of the molecule is COC(=O)c1ccc(C(O)CC(=N[S+]([O-])C(C)(C)C)c2ccc(OC(F)(F)F)cc2O)nc1. The number of hydrogen-bond donors (Lipinski definition) is 2. The summed E-state index contributed by atoms with van der Waals surface area (Å²) in [4.78, 5) is 15.5. The molecule has 0 saturated heterocycles. The van der Waals surface area contributed by atoms with Gasteiger partial charge in [-0.25, -0.2) is 4.79 Å². The molecule has 2 N–H and O–H groups in total. The number of carbonyl (C=O) groups is 1. The highest BCUT2D eigenvalue weighted by atomic mass is 32.2. The quantitative estimate of drug-likeness (QED) is 0.345. The van der Waals surface area contributed by atoms with E-state index in [1.54, 1.807) is 20.8 Å². The Kier molecular flexibility index (Phi) is 8.33. The van der Waals surface area contributed by atoms with E-state index >= 15 is 0 Å². The van der Waals surface area contributed by atoms with Crippen LogP contribution in [0.4, 0.5) is 13.2 Å². The predicted molar refractivity (Wildman–Crippen MR) is 114 cm³/mol. The molecule has 1 heterocycles. The summed E-state index contributed by atoms with van der Waals surface area (Å²) in [6, 6.07) is 5.61. The Morgan fingerprint density at radius 2 is 1.91 bits per heavy atom. The lowest BCUT2D eigenvalue weighted by Crippen LogP contribution is -2.27. The molecule has 0 spiro atoms. The molecule has 2 atom stereocenters. The Balaban J connectivity index is 2.39. The Labute approximate surface area is 191 Å². The standard InChI is InChI=1S/C21H23F3N2O6S/c1-20(2,3)33(30)26-16(14-7-6-13(9-17(14)27)32-21(22,23)24)10-18(28)15-8-5-12(11-25-15)19(29)31-4/h5-9,11,18,27-28H,10H2,1-4H3. The summed E-state index contributed by atoms with van der Waals surface area (Å²) in [5.41, 5.74) is 0.250. The minimum absolute atomic E-state index is 0.0225. The van der Waals surface area contributed by atoms with Crippen LogP contribution in [0.5, 0.6) is 11.5 Å². The van der Waals surface area contributed by atoms with Gasteiger partial charge in [0, 0.05) is 24.2 Å². The number of hydrogen-bond acceptors (Lipinski definition) is 8. The van der Waals surface area contributed by atoms with Crippen LogP contribution >= 0.6 is 0 Å². The van der Waals surface area contributed by atoms with Gasteiger partial charge in [-0.2, -0.15) is 0 Å². The van der Waals surface area contributed by atoms with Gasteiger partial charge in [0.2, 0.25) is 0 Å². The molecule has 1 aromatic carbocycles. The average Bonchev–Trinajstić information content (AvgIpc) is 2.71. The van der Waals surface area contributed by atoms with Gasteiger partial charge < -0.3 is 24.2 Å². The summed E-state index contributed by atoms with van der Waals surface area (Å²) in [6.45, 7) is 4.98. The number of rotatable bonds is 7. The number of phenols is 1. The first-order valence-corrected chi connectivity index (χ1v) is 10.6. The van der Waals surface area contributed by atoms with Crippen molar-refractivity contribution in [3.8, 4) is 11.5 Å². The molecular weight excluding hydrogens is 465 g/mol. The number of aliphatic hydroxyl groups excluding tert-OH is 1. The molecule has 2 unspecified atom stereocenters. The number of aliphatic hydroxyl groups is 1. The monoisotopic (exact) mass is 488 g/mol. The molecule has 0 radical (unpaired) electrons. The number of carbonyl (C=O) groups excluding carboxylic acids is 1. The topological polar surface area (TPSA) is 124 Å². The van der Waals surface area contributed by atoms with E-state index in [1.165, 1.54) is 25.4 Å². The average molecular weight is 488 g/mol. The summed E-state index contributed by atoms with van der Waals surface area (Å²) in [6.07, 6.45) is -5.32. The van der Waals surface area contributed by atoms with Crippen LogP contribution in [0.15, 0.2) is 40.9 Å². The van der Waals surface area contributed by atoms with Gasteiger partial charge in [0.15, 0.2) is 0 Å². The van der Waals surface area contributed by atoms with Crippen molar-refractivity contribution in [1.82, 2.24) is 4.98 Å². The van der Waals surface area contributed by atoms with Crippen LogP contribution in [-0.2, 0) is 16.1 Å². The molecule has 0 aliphatic heterocycles. The van der Waals surface area contributed by atoms with Crippen LogP contribution in [0, 0.1) is 0 Å². The summed E-state index contributed by atoms with van der Waals surface area (Å²) in [5, 5.41) is 20.9. The zero-order valence-electron chi connectivity index (χ0n) is 18.2. The molecule has 1 aromatic heterocycles. The lowest BCUT2D eigenvalue weighted by atomic mass is 10.0. The van der Waals surface area contributed by atoms with Crippen molar-refractivity contribution in [1.29, 1.82) is 0 Å². The van der Waals surface area contributed by atoms with E-state index < -0.39 is 46.0 Å². The van der Waals surface area contributed by atoms with Crippen LogP contribution < -0.4 is 4.74 Å². The number of nitrogens with zero attached hydrogens (tertiary/aromatic N) is 2. The van der Waals surface area contributed by atoms with Crippen molar-refractivity contribution >= 4 is 23.0 Å². The number of alkyl halides is 3. The highest BCUT2D eigenvalue weighted by Crippen LogP contribution is 2.31. The number of phenolic OH excluding ortho intramolecular Hbond substituents is 1. The van der Waals surface area contributed by atoms with E-state index in [2.05, 4.69) is 18.9 Å². The third-order valence-electron chi connectivity index (χ3n) is 4.17. The lowest BCUT2D eigenvalue weighted by molar-refractivity contribution is -0.274. The van der Waals surface area contributed by atoms with Crippen LogP contribution in [-0.4, -0.2) is 49.6 Å². The Morgan fingerprint density at radius 3 is 2.39 bits per heavy atom. The van der Waals surface area contributed by atoms with E-state index in [0.29, 0.717) is 0 Å². The maximum Gasteiger partial charge on any atom is 0.573 e. The van der Waals surface area contributed by atoms with Gasteiger partial charge >= 0.3 is 12.3 Å². The maximum atomic E-state index is 12.6. The fourth-order valence-corrected chi connectivity index (χ4v) is 3.16. The molecule has 8 nitrogen and oxygen atoms in total. The highest BCUT2D eigenvalue weighted by Gasteiger charge is 2.32. The third kappa shape index (κ3) is 7.62. The number of methoxy groups -OCH3 is 1. The molecule has 0 aliphatic carbocycles. The first-order chi connectivity index (χ1) is 15.2. The number of esters is 1. The molecule has 0 amide bonds. The molecule has 12 heteroatoms. The Hall–Kier alpha value is -2.83. The minimum Gasteiger partial charge on any atom is -0.591 e. The van der Waals surface area contributed by atoms with E-state index in [-0.39, 0.29) is 29.0 Å². The third-order valence-corrected chi connectivity index (χ3v) is 5.60. The van der Waals surface area contributed by atoms with Crippen molar-refractivity contribution in [3.05, 3.63) is 53.3 Å². The number of benzene rings is 1. The normalized spacial score (nSPS) is 14.5. The molecule has 0 saturated carbocycles. The number of pyridine rings is 1. The molecule has 33 heavy (non-hydrogen) atoms. The Morgan fingerprint density at radius 1 is 1.24 bits per heavy atom. The summed E-state index contributed by atoms with van der Waals surface area (Å²) in [5.74, 6) is -1.87. The molecule has 0 fully saturated rings. The molecule has 180 valence electrons. The van der Waals surface area contributed by atoms with E-state index in [9.17, 15) is 32.7 Å². The first-order valence-electron chi connectivity index (χ1n) is 9.52. The largest absolute Gasteiger partial charge is 0.591 e. The molecule has 2 aromatic rings. The molecule has 0 bridgehead atoms. The number of ether oxygens (including phenoxy) is 2. The van der Waals surface area contributed by atoms with Crippen LogP contribution in [0.1, 0.15) is 54.9 Å². The van der Waals surface area contributed by atoms with Gasteiger partial charge in [-0.1, -0.05) is 4.40 Å². The Bertz CT molecular complexity index is 1010. The summed E-state index contributed by atoms with van der Waals surface area (Å²) < 4.78 is 61.7. The molecular formula is C21H23F3N2O6S. The second-order valence-corrected chi connectivity index (χ2v) is 9.72. The lowest BCUT2D eigenvalue weighted by Gasteiger charge is -2.21. The smallest absolute Gasteiger partial charge is 0.573 e. The van der Waals surface area contributed by atoms with Crippen molar-refractivity contribution in [2.75, 3.05) is 7.11 Å². The van der Waals surface area contributed by atoms with Gasteiger partial charge in [0.1, 0.15) is 39.4 Å². The maximum absolute atomic E-state index is 12.6. The van der Waals surface area contributed by atoms with Crippen molar-refractivity contribution < 1.29 is 42.2 Å². The van der Waals surface area contributed by atoms with Crippen LogP contribution in [0.25, 0.3) is 0 Å². The van der Waals surface area contributed by atoms with Gasteiger partial charge in [0.25, 0.3) is 0 Å². The zero-order valence-corrected chi connectivity index (χ0v) is 19.0. The first kappa shape index (κ1) is 26.4. The van der Waals surface area contributed by atoms with E-state index in [0.717, 1.165) is 18.2 Å². The van der Waals surface area contributed by atoms with Gasteiger partial charge in [-0.05, 0) is 45.0 Å². The van der Waals surface area contributed by atoms with E-state index in [4.69, 9.17) is 0 Å². The summed E-state index contributed by atoms with van der Waals surface area (Å²) in [7, 11) is 1.21. The zero-order chi connectivity index (χ0) is 25.0. The number of halogens is 3. The van der Waals surface area contributed by atoms with Crippen molar-refractivity contribution in [2.45, 2.75) is 44.4 Å². The summed E-state index contributed by atoms with van der Waals surface area (Å²) >= 11 is -1.81.